The predicted molar refractivity (Wildman–Crippen MR) is 67.3 cm³/mol. The molecule has 16 heavy (non-hydrogen) atoms. The van der Waals surface area contributed by atoms with Crippen molar-refractivity contribution in [2.75, 3.05) is 5.32 Å². The number of nitrogens with one attached hydrogen (secondary N) is 1. The Bertz CT molecular complexity index is 343. The van der Waals surface area contributed by atoms with Gasteiger partial charge in [0.25, 0.3) is 5.91 Å². The molecule has 1 aromatic rings. The molecule has 1 amide bonds. The lowest BCUT2D eigenvalue weighted by Crippen LogP contribution is -2.18. The van der Waals surface area contributed by atoms with Crippen LogP contribution in [-0.2, 0) is 11.2 Å². The van der Waals surface area contributed by atoms with Crippen molar-refractivity contribution in [2.45, 2.75) is 37.4 Å². The molecule has 1 rings (SSSR count). The third kappa shape index (κ3) is 4.63. The van der Waals surface area contributed by atoms with E-state index in [1.54, 1.807) is 0 Å². The Labute approximate surface area is 108 Å². The number of hydrogen-bond acceptors (Lipinski definition) is 4. The number of halogens is 2. The molecule has 0 saturated carbocycles. The first kappa shape index (κ1) is 13.7. The molecule has 0 atom stereocenters. The van der Waals surface area contributed by atoms with Gasteiger partial charge in [0.15, 0.2) is 4.84 Å². The molecular weight excluding hydrogens is 269 g/mol. The molecule has 0 aliphatic carbocycles. The number of rotatable bonds is 6. The second-order valence-corrected chi connectivity index (χ2v) is 5.41. The Balaban J connectivity index is 2.42. The number of alkyl halides is 2. The molecule has 0 aliphatic rings. The molecule has 0 bridgehead atoms. The number of aromatic nitrogens is 2. The van der Waals surface area contributed by atoms with Crippen molar-refractivity contribution in [3.05, 3.63) is 5.01 Å². The van der Waals surface area contributed by atoms with Crippen molar-refractivity contribution in [3.8, 4) is 0 Å². The number of anilines is 1. The minimum atomic E-state index is -1.08. The summed E-state index contributed by atoms with van der Waals surface area (Å²) in [6.07, 6.45) is 4.33. The van der Waals surface area contributed by atoms with Crippen LogP contribution in [0.3, 0.4) is 0 Å². The van der Waals surface area contributed by atoms with Crippen molar-refractivity contribution in [1.82, 2.24) is 10.2 Å². The van der Waals surface area contributed by atoms with Crippen LogP contribution >= 0.6 is 34.5 Å². The molecule has 0 unspecified atom stereocenters. The molecule has 1 heterocycles. The highest BCUT2D eigenvalue weighted by Gasteiger charge is 2.13. The van der Waals surface area contributed by atoms with Crippen LogP contribution in [0.15, 0.2) is 0 Å². The van der Waals surface area contributed by atoms with Crippen molar-refractivity contribution >= 4 is 45.6 Å². The minimum Gasteiger partial charge on any atom is -0.298 e. The topological polar surface area (TPSA) is 54.9 Å². The zero-order valence-corrected chi connectivity index (χ0v) is 11.2. The van der Waals surface area contributed by atoms with Crippen LogP contribution in [0.1, 0.15) is 31.2 Å². The van der Waals surface area contributed by atoms with Crippen LogP contribution < -0.4 is 5.32 Å². The molecule has 4 nitrogen and oxygen atoms in total. The summed E-state index contributed by atoms with van der Waals surface area (Å²) in [6, 6.07) is 0. The average molecular weight is 282 g/mol. The lowest BCUT2D eigenvalue weighted by molar-refractivity contribution is -0.114. The largest absolute Gasteiger partial charge is 0.298 e. The monoisotopic (exact) mass is 281 g/mol. The molecular formula is C9H13Cl2N3OS. The van der Waals surface area contributed by atoms with Crippen LogP contribution in [0.4, 0.5) is 5.13 Å². The van der Waals surface area contributed by atoms with Crippen molar-refractivity contribution in [1.29, 1.82) is 0 Å². The summed E-state index contributed by atoms with van der Waals surface area (Å²) in [5.74, 6) is -0.473. The number of aryl methyl sites for hydroxylation is 1. The van der Waals surface area contributed by atoms with Gasteiger partial charge in [-0.2, -0.15) is 0 Å². The lowest BCUT2D eigenvalue weighted by atomic mass is 10.2. The summed E-state index contributed by atoms with van der Waals surface area (Å²) >= 11 is 12.2. The first-order chi connectivity index (χ1) is 7.63. The number of unbranched alkanes of at least 4 members (excludes halogenated alkanes) is 2. The number of carbonyl (C=O) groups is 1. The van der Waals surface area contributed by atoms with Crippen LogP contribution in [-0.4, -0.2) is 20.9 Å². The summed E-state index contributed by atoms with van der Waals surface area (Å²) in [7, 11) is 0. The third-order valence-corrected chi connectivity index (χ3v) is 3.18. The van der Waals surface area contributed by atoms with E-state index in [0.29, 0.717) is 5.13 Å². The van der Waals surface area contributed by atoms with E-state index in [1.807, 2.05) is 0 Å². The Kier molecular flexibility index (Phi) is 6.01. The first-order valence-corrected chi connectivity index (χ1v) is 6.73. The summed E-state index contributed by atoms with van der Waals surface area (Å²) in [5, 5.41) is 11.7. The highest BCUT2D eigenvalue weighted by Crippen LogP contribution is 2.18. The molecule has 7 heteroatoms. The van der Waals surface area contributed by atoms with Crippen LogP contribution in [0, 0.1) is 0 Å². The van der Waals surface area contributed by atoms with Gasteiger partial charge in [-0.15, -0.1) is 10.2 Å². The van der Waals surface area contributed by atoms with E-state index < -0.39 is 10.7 Å². The zero-order valence-electron chi connectivity index (χ0n) is 8.87. The average Bonchev–Trinajstić information content (AvgIpc) is 2.66. The van der Waals surface area contributed by atoms with E-state index in [1.165, 1.54) is 24.2 Å². The Morgan fingerprint density at radius 3 is 2.81 bits per heavy atom. The second-order valence-electron chi connectivity index (χ2n) is 3.25. The van der Waals surface area contributed by atoms with Gasteiger partial charge in [-0.3, -0.25) is 10.1 Å². The van der Waals surface area contributed by atoms with Gasteiger partial charge in [0.1, 0.15) is 5.01 Å². The third-order valence-electron chi connectivity index (χ3n) is 1.89. The molecule has 0 aromatic carbocycles. The van der Waals surface area contributed by atoms with Crippen molar-refractivity contribution in [2.24, 2.45) is 0 Å². The summed E-state index contributed by atoms with van der Waals surface area (Å²) in [4.78, 5) is 10.1. The quantitative estimate of drug-likeness (QED) is 0.644. The lowest BCUT2D eigenvalue weighted by Gasteiger charge is -1.99. The van der Waals surface area contributed by atoms with E-state index in [4.69, 9.17) is 23.2 Å². The van der Waals surface area contributed by atoms with Gasteiger partial charge in [-0.25, -0.2) is 0 Å². The van der Waals surface area contributed by atoms with Gasteiger partial charge in [0.2, 0.25) is 5.13 Å². The Hall–Kier alpha value is -0.390. The van der Waals surface area contributed by atoms with E-state index in [0.717, 1.165) is 17.8 Å². The van der Waals surface area contributed by atoms with Gasteiger partial charge in [0.05, 0.1) is 0 Å². The molecule has 1 N–H and O–H groups in total. The van der Waals surface area contributed by atoms with Crippen LogP contribution in [0.5, 0.6) is 0 Å². The van der Waals surface area contributed by atoms with Gasteiger partial charge < -0.3 is 0 Å². The number of amides is 1. The molecule has 0 spiro atoms. The van der Waals surface area contributed by atoms with Crippen molar-refractivity contribution in [3.63, 3.8) is 0 Å². The van der Waals surface area contributed by atoms with Crippen LogP contribution in [0.2, 0.25) is 0 Å². The maximum Gasteiger partial charge on any atom is 0.259 e. The van der Waals surface area contributed by atoms with E-state index >= 15 is 0 Å². The summed E-state index contributed by atoms with van der Waals surface area (Å²) in [6.45, 7) is 2.15. The van der Waals surface area contributed by atoms with E-state index in [-0.39, 0.29) is 0 Å². The van der Waals surface area contributed by atoms with Gasteiger partial charge in [0, 0.05) is 6.42 Å². The number of nitrogens with zero attached hydrogens (tertiary/aromatic N) is 2. The molecule has 0 fully saturated rings. The Morgan fingerprint density at radius 1 is 1.44 bits per heavy atom. The maximum absolute atomic E-state index is 11.1. The Morgan fingerprint density at radius 2 is 2.19 bits per heavy atom. The van der Waals surface area contributed by atoms with Gasteiger partial charge in [-0.05, 0) is 6.42 Å². The summed E-state index contributed by atoms with van der Waals surface area (Å²) < 4.78 is 0. The van der Waals surface area contributed by atoms with E-state index in [2.05, 4.69) is 22.4 Å². The fourth-order valence-corrected chi connectivity index (χ4v) is 1.98. The highest BCUT2D eigenvalue weighted by atomic mass is 35.5. The molecule has 1 aromatic heterocycles. The molecule has 0 saturated heterocycles. The van der Waals surface area contributed by atoms with Gasteiger partial charge >= 0.3 is 0 Å². The summed E-state index contributed by atoms with van der Waals surface area (Å²) in [5.41, 5.74) is 0. The first-order valence-electron chi connectivity index (χ1n) is 5.05. The zero-order chi connectivity index (χ0) is 12.0. The number of carbonyl (C=O) groups excluding carboxylic acids is 1. The second kappa shape index (κ2) is 7.04. The predicted octanol–water partition coefficient (Wildman–Crippen LogP) is 3.01. The molecule has 90 valence electrons. The standard InChI is InChI=1S/C9H13Cl2N3OS/c1-2-3-4-5-6-13-14-9(16-6)12-8(15)7(10)11/h7H,2-5H2,1H3,(H,12,14,15). The maximum atomic E-state index is 11.1. The minimum absolute atomic E-state index is 0.447. The molecule has 0 radical (unpaired) electrons. The number of hydrogen-bond donors (Lipinski definition) is 1. The fraction of sp³-hybridized carbons (Fsp3) is 0.667. The smallest absolute Gasteiger partial charge is 0.259 e. The van der Waals surface area contributed by atoms with Crippen molar-refractivity contribution < 1.29 is 4.79 Å². The molecule has 0 aliphatic heterocycles. The van der Waals surface area contributed by atoms with Gasteiger partial charge in [-0.1, -0.05) is 54.3 Å². The van der Waals surface area contributed by atoms with E-state index in [9.17, 15) is 4.79 Å². The highest BCUT2D eigenvalue weighted by molar-refractivity contribution is 7.15. The fourth-order valence-electron chi connectivity index (χ4n) is 1.09. The normalized spacial score (nSPS) is 10.8. The van der Waals surface area contributed by atoms with Crippen LogP contribution in [0.25, 0.3) is 0 Å². The SMILES string of the molecule is CCCCCc1nnc(NC(=O)C(Cl)Cl)s1.